The molecule has 0 saturated carbocycles. The molecule has 1 rings (SSSR count). The Morgan fingerprint density at radius 1 is 1.14 bits per heavy atom. The third kappa shape index (κ3) is 7.54. The SMILES string of the molecule is CCCC1(OC)CCCC[Si]1(OC)OC.O=P(O)(O)O.[NaH]. The summed E-state index contributed by atoms with van der Waals surface area (Å²) in [5.41, 5.74) is 0. The van der Waals surface area contributed by atoms with Crippen LogP contribution in [0.5, 0.6) is 0 Å². The van der Waals surface area contributed by atoms with Gasteiger partial charge in [0.25, 0.3) is 0 Å². The van der Waals surface area contributed by atoms with Crippen LogP contribution in [0.4, 0.5) is 0 Å². The number of methoxy groups -OCH3 is 1. The van der Waals surface area contributed by atoms with Crippen LogP contribution in [0.2, 0.25) is 6.04 Å². The number of rotatable bonds is 5. The van der Waals surface area contributed by atoms with Crippen LogP contribution in [0, 0.1) is 0 Å². The maximum absolute atomic E-state index is 8.88. The minimum absolute atomic E-state index is 0. The van der Waals surface area contributed by atoms with Gasteiger partial charge in [0.2, 0.25) is 0 Å². The number of hydrogen-bond donors (Lipinski definition) is 3. The first-order valence-electron chi connectivity index (χ1n) is 6.64. The van der Waals surface area contributed by atoms with Crippen molar-refractivity contribution in [3.63, 3.8) is 0 Å². The summed E-state index contributed by atoms with van der Waals surface area (Å²) >= 11 is 0. The fourth-order valence-corrected chi connectivity index (χ4v) is 6.91. The quantitative estimate of drug-likeness (QED) is 0.501. The number of phosphoric acid groups is 1. The van der Waals surface area contributed by atoms with E-state index in [0.29, 0.717) is 0 Å². The second-order valence-corrected chi connectivity index (χ2v) is 9.59. The van der Waals surface area contributed by atoms with Crippen molar-refractivity contribution >= 4 is 45.9 Å². The normalized spacial score (nSPS) is 24.5. The van der Waals surface area contributed by atoms with E-state index in [4.69, 9.17) is 32.8 Å². The van der Waals surface area contributed by atoms with E-state index in [9.17, 15) is 0 Å². The Kier molecular flexibility index (Phi) is 12.7. The molecule has 0 aliphatic carbocycles. The molecular weight excluding hydrogens is 326 g/mol. The third-order valence-corrected chi connectivity index (χ3v) is 8.16. The molecule has 0 radical (unpaired) electrons. The molecule has 7 nitrogen and oxygen atoms in total. The Hall–Kier alpha value is 1.21. The Bertz CT molecular complexity index is 311. The van der Waals surface area contributed by atoms with Crippen molar-refractivity contribution in [3.8, 4) is 0 Å². The van der Waals surface area contributed by atoms with E-state index in [0.717, 1.165) is 25.3 Å². The van der Waals surface area contributed by atoms with Crippen LogP contribution in [-0.2, 0) is 18.2 Å². The van der Waals surface area contributed by atoms with E-state index in [1.807, 2.05) is 0 Å². The van der Waals surface area contributed by atoms with Crippen molar-refractivity contribution in [2.24, 2.45) is 0 Å². The fraction of sp³-hybridized carbons (Fsp3) is 1.00. The van der Waals surface area contributed by atoms with Crippen LogP contribution in [0.3, 0.4) is 0 Å². The van der Waals surface area contributed by atoms with Crippen molar-refractivity contribution in [2.75, 3.05) is 21.3 Å². The first-order valence-corrected chi connectivity index (χ1v) is 10.2. The van der Waals surface area contributed by atoms with Gasteiger partial charge in [0.15, 0.2) is 0 Å². The predicted molar refractivity (Wildman–Crippen MR) is 84.5 cm³/mol. The van der Waals surface area contributed by atoms with Gasteiger partial charge in [-0.3, -0.25) is 0 Å². The monoisotopic (exact) mass is 354 g/mol. The molecule has 10 heteroatoms. The zero-order valence-electron chi connectivity index (χ0n) is 12.7. The molecule has 0 bridgehead atoms. The van der Waals surface area contributed by atoms with E-state index < -0.39 is 16.4 Å². The van der Waals surface area contributed by atoms with Crippen LogP contribution in [0.25, 0.3) is 0 Å². The molecule has 21 heavy (non-hydrogen) atoms. The molecular formula is C11H28NaO7PSi. The number of hydrogen-bond acceptors (Lipinski definition) is 4. The van der Waals surface area contributed by atoms with Crippen LogP contribution < -0.4 is 0 Å². The Balaban J connectivity index is 0. The summed E-state index contributed by atoms with van der Waals surface area (Å²) in [6.45, 7) is 2.19. The van der Waals surface area contributed by atoms with Crippen LogP contribution >= 0.6 is 7.82 Å². The summed E-state index contributed by atoms with van der Waals surface area (Å²) in [6, 6.07) is 1.06. The molecule has 0 amide bonds. The van der Waals surface area contributed by atoms with Gasteiger partial charge in [0, 0.05) is 21.3 Å². The summed E-state index contributed by atoms with van der Waals surface area (Å²) < 4.78 is 26.3. The van der Waals surface area contributed by atoms with E-state index in [1.165, 1.54) is 12.8 Å². The molecule has 0 aromatic rings. The van der Waals surface area contributed by atoms with Gasteiger partial charge in [-0.25, -0.2) is 4.57 Å². The Labute approximate surface area is 150 Å². The summed E-state index contributed by atoms with van der Waals surface area (Å²) in [5.74, 6) is 0. The predicted octanol–water partition coefficient (Wildman–Crippen LogP) is 1.05. The first-order chi connectivity index (χ1) is 9.20. The molecule has 0 aromatic heterocycles. The van der Waals surface area contributed by atoms with E-state index in [-0.39, 0.29) is 34.8 Å². The van der Waals surface area contributed by atoms with Crippen LogP contribution in [-0.4, -0.2) is 79.4 Å². The van der Waals surface area contributed by atoms with Crippen molar-refractivity contribution < 1.29 is 32.8 Å². The second kappa shape index (κ2) is 10.9. The molecule has 124 valence electrons. The van der Waals surface area contributed by atoms with Gasteiger partial charge in [0.1, 0.15) is 5.22 Å². The second-order valence-electron chi connectivity index (χ2n) is 4.83. The van der Waals surface area contributed by atoms with Gasteiger partial charge in [-0.15, -0.1) is 0 Å². The Morgan fingerprint density at radius 2 is 1.62 bits per heavy atom. The average Bonchev–Trinajstić information content (AvgIpc) is 2.38. The van der Waals surface area contributed by atoms with Crippen molar-refractivity contribution in [1.29, 1.82) is 0 Å². The Morgan fingerprint density at radius 3 is 1.95 bits per heavy atom. The van der Waals surface area contributed by atoms with Crippen molar-refractivity contribution in [1.82, 2.24) is 0 Å². The molecule has 3 N–H and O–H groups in total. The molecule has 1 heterocycles. The first kappa shape index (κ1) is 24.5. The molecule has 1 atom stereocenters. The summed E-state index contributed by atoms with van der Waals surface area (Å²) in [6.07, 6.45) is 5.70. The van der Waals surface area contributed by atoms with Gasteiger partial charge in [-0.1, -0.05) is 26.2 Å². The van der Waals surface area contributed by atoms with Gasteiger partial charge < -0.3 is 28.3 Å². The number of ether oxygens (including phenoxy) is 1. The van der Waals surface area contributed by atoms with Crippen LogP contribution in [0.15, 0.2) is 0 Å². The van der Waals surface area contributed by atoms with E-state index in [1.54, 1.807) is 21.3 Å². The van der Waals surface area contributed by atoms with Crippen molar-refractivity contribution in [2.45, 2.75) is 50.3 Å². The molecule has 0 spiro atoms. The summed E-state index contributed by atoms with van der Waals surface area (Å²) in [5, 5.41) is -0.122. The maximum atomic E-state index is 8.88. The standard InChI is InChI=1S/C11H24O3Si.Na.H3O4P.H/c1-5-8-11(12-2)9-6-7-10-15(11,13-3)14-4;;1-5(2,3)4;/h5-10H2,1-4H3;;(H3,1,2,3,4);. The fourth-order valence-electron chi connectivity index (χ4n) is 2.92. The van der Waals surface area contributed by atoms with Gasteiger partial charge >= 0.3 is 45.9 Å². The molecule has 1 aliphatic heterocycles. The van der Waals surface area contributed by atoms with Gasteiger partial charge in [0.05, 0.1) is 0 Å². The van der Waals surface area contributed by atoms with Gasteiger partial charge in [-0.2, -0.15) is 0 Å². The average molecular weight is 354 g/mol. The van der Waals surface area contributed by atoms with Crippen molar-refractivity contribution in [3.05, 3.63) is 0 Å². The molecule has 1 aliphatic rings. The van der Waals surface area contributed by atoms with E-state index >= 15 is 0 Å². The summed E-state index contributed by atoms with van der Waals surface area (Å²) in [4.78, 5) is 21.6. The summed E-state index contributed by atoms with van der Waals surface area (Å²) in [7, 11) is -1.42. The zero-order chi connectivity index (χ0) is 15.9. The van der Waals surface area contributed by atoms with Gasteiger partial charge in [-0.05, 0) is 18.9 Å². The van der Waals surface area contributed by atoms with E-state index in [2.05, 4.69) is 6.92 Å². The molecule has 1 fully saturated rings. The topological polar surface area (TPSA) is 105 Å². The third-order valence-electron chi connectivity index (χ3n) is 3.73. The van der Waals surface area contributed by atoms with Crippen LogP contribution in [0.1, 0.15) is 39.0 Å². The zero-order valence-corrected chi connectivity index (χ0v) is 14.6. The molecule has 1 unspecified atom stereocenters. The minimum atomic E-state index is -4.64. The molecule has 1 saturated heterocycles. The molecule has 0 aromatic carbocycles.